The Bertz CT molecular complexity index is 751. The molecule has 0 bridgehead atoms. The minimum atomic E-state index is 0.553. The third kappa shape index (κ3) is 2.73. The molecule has 0 spiro atoms. The number of aromatic nitrogens is 1. The summed E-state index contributed by atoms with van der Waals surface area (Å²) >= 11 is 16.0. The van der Waals surface area contributed by atoms with Crippen molar-refractivity contribution in [1.82, 2.24) is 5.16 Å². The van der Waals surface area contributed by atoms with Gasteiger partial charge in [0.15, 0.2) is 5.76 Å². The van der Waals surface area contributed by atoms with Gasteiger partial charge in [-0.05, 0) is 12.1 Å². The molecule has 0 aliphatic rings. The van der Waals surface area contributed by atoms with E-state index in [2.05, 4.69) is 21.1 Å². The average molecular weight is 383 g/mol. The van der Waals surface area contributed by atoms with E-state index in [1.165, 1.54) is 0 Å². The van der Waals surface area contributed by atoms with Crippen LogP contribution in [0.4, 0.5) is 0 Å². The van der Waals surface area contributed by atoms with Gasteiger partial charge in [0, 0.05) is 22.0 Å². The fourth-order valence-corrected chi connectivity index (χ4v) is 3.27. The van der Waals surface area contributed by atoms with Crippen LogP contribution in [0.1, 0.15) is 5.56 Å². The van der Waals surface area contributed by atoms with Crippen molar-refractivity contribution in [3.8, 4) is 22.6 Å². The van der Waals surface area contributed by atoms with Crippen molar-refractivity contribution in [2.75, 3.05) is 0 Å². The number of nitrogens with zero attached hydrogens (tertiary/aromatic N) is 1. The van der Waals surface area contributed by atoms with E-state index in [0.29, 0.717) is 26.6 Å². The highest BCUT2D eigenvalue weighted by Crippen LogP contribution is 2.40. The predicted molar refractivity (Wildman–Crippen MR) is 90.0 cm³/mol. The van der Waals surface area contributed by atoms with Crippen LogP contribution in [0.15, 0.2) is 53.1 Å². The fourth-order valence-electron chi connectivity index (χ4n) is 2.17. The van der Waals surface area contributed by atoms with Crippen molar-refractivity contribution in [1.29, 1.82) is 0 Å². The van der Waals surface area contributed by atoms with Gasteiger partial charge in [-0.1, -0.05) is 80.7 Å². The van der Waals surface area contributed by atoms with E-state index in [1.54, 1.807) is 18.2 Å². The molecule has 0 N–H and O–H groups in total. The van der Waals surface area contributed by atoms with Crippen LogP contribution in [0.2, 0.25) is 10.0 Å². The van der Waals surface area contributed by atoms with E-state index in [1.807, 2.05) is 30.3 Å². The van der Waals surface area contributed by atoms with Gasteiger partial charge in [-0.2, -0.15) is 0 Å². The summed E-state index contributed by atoms with van der Waals surface area (Å²) in [4.78, 5) is 0. The number of alkyl halides is 1. The molecular formula is C16H10BrCl2NO. The Morgan fingerprint density at radius 2 is 1.62 bits per heavy atom. The van der Waals surface area contributed by atoms with Gasteiger partial charge in [-0.3, -0.25) is 0 Å². The number of benzene rings is 2. The first-order valence-electron chi connectivity index (χ1n) is 6.26. The highest BCUT2D eigenvalue weighted by atomic mass is 79.9. The second kappa shape index (κ2) is 6.22. The maximum atomic E-state index is 6.27. The molecule has 0 atom stereocenters. The standard InChI is InChI=1S/C16H10BrCl2NO/c17-9-11-15(14-12(18)7-4-8-13(14)19)20-21-16(11)10-5-2-1-3-6-10/h1-8H,9H2. The second-order valence-corrected chi connectivity index (χ2v) is 5.81. The van der Waals surface area contributed by atoms with E-state index in [4.69, 9.17) is 27.7 Å². The Morgan fingerprint density at radius 3 is 2.24 bits per heavy atom. The molecule has 2 aromatic carbocycles. The lowest BCUT2D eigenvalue weighted by Crippen LogP contribution is -1.88. The molecule has 106 valence electrons. The fraction of sp³-hybridized carbons (Fsp3) is 0.0625. The quantitative estimate of drug-likeness (QED) is 0.503. The van der Waals surface area contributed by atoms with Crippen molar-refractivity contribution in [2.24, 2.45) is 0 Å². The number of hydrogen-bond acceptors (Lipinski definition) is 2. The van der Waals surface area contributed by atoms with Gasteiger partial charge in [0.1, 0.15) is 5.69 Å². The number of halogens is 3. The Kier molecular flexibility index (Phi) is 4.34. The molecule has 5 heteroatoms. The van der Waals surface area contributed by atoms with Gasteiger partial charge in [0.05, 0.1) is 10.0 Å². The van der Waals surface area contributed by atoms with E-state index < -0.39 is 0 Å². The average Bonchev–Trinajstić information content (AvgIpc) is 2.91. The van der Waals surface area contributed by atoms with Crippen molar-refractivity contribution >= 4 is 39.1 Å². The molecule has 0 radical (unpaired) electrons. The maximum absolute atomic E-state index is 6.27. The zero-order valence-corrected chi connectivity index (χ0v) is 13.9. The molecule has 21 heavy (non-hydrogen) atoms. The molecule has 0 fully saturated rings. The molecule has 0 aliphatic heterocycles. The number of rotatable bonds is 3. The molecule has 3 aromatic rings. The predicted octanol–water partition coefficient (Wildman–Crippen LogP) is 6.21. The van der Waals surface area contributed by atoms with Crippen molar-refractivity contribution in [3.05, 3.63) is 64.1 Å². The summed E-state index contributed by atoms with van der Waals surface area (Å²) in [5.74, 6) is 0.721. The third-order valence-corrected chi connectivity index (χ3v) is 4.35. The normalized spacial score (nSPS) is 10.8. The van der Waals surface area contributed by atoms with Crippen LogP contribution in [-0.4, -0.2) is 5.16 Å². The molecule has 0 amide bonds. The lowest BCUT2D eigenvalue weighted by Gasteiger charge is -2.05. The van der Waals surface area contributed by atoms with Crippen LogP contribution in [0.5, 0.6) is 0 Å². The molecule has 0 saturated carbocycles. The number of hydrogen-bond donors (Lipinski definition) is 0. The van der Waals surface area contributed by atoms with Gasteiger partial charge in [-0.25, -0.2) is 0 Å². The first kappa shape index (κ1) is 14.6. The maximum Gasteiger partial charge on any atom is 0.171 e. The minimum Gasteiger partial charge on any atom is -0.355 e. The highest BCUT2D eigenvalue weighted by Gasteiger charge is 2.21. The Balaban J connectivity index is 2.20. The zero-order valence-electron chi connectivity index (χ0n) is 10.8. The molecule has 0 aliphatic carbocycles. The Morgan fingerprint density at radius 1 is 0.952 bits per heavy atom. The van der Waals surface area contributed by atoms with Crippen LogP contribution in [0, 0.1) is 0 Å². The van der Waals surface area contributed by atoms with E-state index in [9.17, 15) is 0 Å². The first-order chi connectivity index (χ1) is 10.2. The molecule has 1 heterocycles. The van der Waals surface area contributed by atoms with Gasteiger partial charge >= 0.3 is 0 Å². The van der Waals surface area contributed by atoms with Crippen LogP contribution >= 0.6 is 39.1 Å². The molecule has 1 aromatic heterocycles. The third-order valence-electron chi connectivity index (χ3n) is 3.16. The topological polar surface area (TPSA) is 26.0 Å². The van der Waals surface area contributed by atoms with E-state index >= 15 is 0 Å². The summed E-state index contributed by atoms with van der Waals surface area (Å²) in [5.41, 5.74) is 3.26. The molecular weight excluding hydrogens is 373 g/mol. The molecule has 0 unspecified atom stereocenters. The summed E-state index contributed by atoms with van der Waals surface area (Å²) in [5, 5.41) is 5.88. The van der Waals surface area contributed by atoms with Gasteiger partial charge in [0.25, 0.3) is 0 Å². The summed E-state index contributed by atoms with van der Waals surface area (Å²) in [6.07, 6.45) is 0. The largest absolute Gasteiger partial charge is 0.355 e. The second-order valence-electron chi connectivity index (χ2n) is 4.44. The lowest BCUT2D eigenvalue weighted by atomic mass is 10.0. The molecule has 2 nitrogen and oxygen atoms in total. The zero-order chi connectivity index (χ0) is 14.8. The van der Waals surface area contributed by atoms with Crippen molar-refractivity contribution in [3.63, 3.8) is 0 Å². The Hall–Kier alpha value is -1.29. The monoisotopic (exact) mass is 381 g/mol. The van der Waals surface area contributed by atoms with E-state index in [0.717, 1.165) is 16.9 Å². The van der Waals surface area contributed by atoms with Crippen molar-refractivity contribution in [2.45, 2.75) is 5.33 Å². The SMILES string of the molecule is Clc1cccc(Cl)c1-c1noc(-c2ccccc2)c1CBr. The van der Waals surface area contributed by atoms with Gasteiger partial charge < -0.3 is 4.52 Å². The first-order valence-corrected chi connectivity index (χ1v) is 8.14. The van der Waals surface area contributed by atoms with Gasteiger partial charge in [0.2, 0.25) is 0 Å². The summed E-state index contributed by atoms with van der Waals surface area (Å²) in [6, 6.07) is 15.2. The summed E-state index contributed by atoms with van der Waals surface area (Å²) in [6.45, 7) is 0. The van der Waals surface area contributed by atoms with Crippen LogP contribution in [-0.2, 0) is 5.33 Å². The lowest BCUT2D eigenvalue weighted by molar-refractivity contribution is 0.434. The minimum absolute atomic E-state index is 0.553. The van der Waals surface area contributed by atoms with Crippen molar-refractivity contribution < 1.29 is 4.52 Å². The Labute approximate surface area is 140 Å². The molecule has 0 saturated heterocycles. The van der Waals surface area contributed by atoms with Crippen LogP contribution in [0.25, 0.3) is 22.6 Å². The smallest absolute Gasteiger partial charge is 0.171 e. The van der Waals surface area contributed by atoms with Gasteiger partial charge in [-0.15, -0.1) is 0 Å². The molecule has 3 rings (SSSR count). The summed E-state index contributed by atoms with van der Waals surface area (Å²) in [7, 11) is 0. The van der Waals surface area contributed by atoms with Crippen LogP contribution < -0.4 is 0 Å². The highest BCUT2D eigenvalue weighted by molar-refractivity contribution is 9.08. The summed E-state index contributed by atoms with van der Waals surface area (Å²) < 4.78 is 5.54. The van der Waals surface area contributed by atoms with Crippen LogP contribution in [0.3, 0.4) is 0 Å². The van der Waals surface area contributed by atoms with E-state index in [-0.39, 0.29) is 0 Å².